The summed E-state index contributed by atoms with van der Waals surface area (Å²) in [5.41, 5.74) is 4.18. The van der Waals surface area contributed by atoms with Crippen LogP contribution >= 0.6 is 24.8 Å². The Bertz CT molecular complexity index is 1240. The van der Waals surface area contributed by atoms with E-state index in [0.29, 0.717) is 22.5 Å². The van der Waals surface area contributed by atoms with E-state index in [1.54, 1.807) is 24.3 Å². The van der Waals surface area contributed by atoms with Gasteiger partial charge in [0.25, 0.3) is 11.8 Å². The molecule has 0 unspecified atom stereocenters. The van der Waals surface area contributed by atoms with Gasteiger partial charge < -0.3 is 21.3 Å². The van der Waals surface area contributed by atoms with Crippen molar-refractivity contribution in [3.8, 4) is 0 Å². The number of carbonyl (C=O) groups is 2. The fourth-order valence-corrected chi connectivity index (χ4v) is 4.12. The van der Waals surface area contributed by atoms with E-state index in [2.05, 4.69) is 31.3 Å². The van der Waals surface area contributed by atoms with Crippen molar-refractivity contribution in [2.45, 2.75) is 12.8 Å². The SMILES string of the molecule is Cl.Cl.O=C(Nc1cccc(C2=NCCCN2)c1)c1ccc(C(=O)Nc2cccc(C3=NCCCN3)c2)cc1. The van der Waals surface area contributed by atoms with Gasteiger partial charge in [-0.2, -0.15) is 0 Å². The summed E-state index contributed by atoms with van der Waals surface area (Å²) in [7, 11) is 0. The third-order valence-electron chi connectivity index (χ3n) is 5.99. The normalized spacial score (nSPS) is 14.2. The number of aliphatic imine (C=N–C) groups is 2. The number of nitrogens with zero attached hydrogens (tertiary/aromatic N) is 2. The molecule has 4 N–H and O–H groups in total. The van der Waals surface area contributed by atoms with Crippen molar-refractivity contribution in [1.82, 2.24) is 10.6 Å². The molecule has 8 nitrogen and oxygen atoms in total. The van der Waals surface area contributed by atoms with E-state index < -0.39 is 0 Å². The number of nitrogens with one attached hydrogen (secondary N) is 4. The zero-order valence-electron chi connectivity index (χ0n) is 20.7. The van der Waals surface area contributed by atoms with Gasteiger partial charge in [0.2, 0.25) is 0 Å². The number of amides is 2. The van der Waals surface area contributed by atoms with Gasteiger partial charge in [0.1, 0.15) is 11.7 Å². The number of anilines is 2. The Labute approximate surface area is 234 Å². The van der Waals surface area contributed by atoms with Crippen molar-refractivity contribution >= 4 is 59.7 Å². The molecule has 0 aromatic heterocycles. The van der Waals surface area contributed by atoms with E-state index in [-0.39, 0.29) is 36.6 Å². The first-order valence-electron chi connectivity index (χ1n) is 12.2. The van der Waals surface area contributed by atoms with Crippen LogP contribution in [0.2, 0.25) is 0 Å². The highest BCUT2D eigenvalue weighted by Gasteiger charge is 2.13. The first-order valence-corrected chi connectivity index (χ1v) is 12.2. The molecule has 5 rings (SSSR count). The fraction of sp³-hybridized carbons (Fsp3) is 0.214. The standard InChI is InChI=1S/C28H28N6O2.2ClH/c35-27(33-23-7-1-5-21(17-23)25-29-13-3-14-30-25)19-9-11-20(12-10-19)28(36)34-24-8-2-6-22(18-24)26-31-15-4-16-32-26;;/h1-2,5-12,17-18H,3-4,13-16H2,(H,29,30)(H,31,32)(H,33,35)(H,34,36);2*1H. The van der Waals surface area contributed by atoms with Crippen molar-refractivity contribution in [3.05, 3.63) is 95.1 Å². The minimum atomic E-state index is -0.244. The van der Waals surface area contributed by atoms with Crippen molar-refractivity contribution < 1.29 is 9.59 Å². The van der Waals surface area contributed by atoms with E-state index in [0.717, 1.165) is 61.8 Å². The Balaban J connectivity index is 0.00000200. The molecule has 38 heavy (non-hydrogen) atoms. The molecule has 0 fully saturated rings. The van der Waals surface area contributed by atoms with Gasteiger partial charge in [-0.05, 0) is 61.4 Å². The van der Waals surface area contributed by atoms with Gasteiger partial charge in [-0.15, -0.1) is 24.8 Å². The maximum Gasteiger partial charge on any atom is 0.255 e. The molecule has 3 aromatic carbocycles. The molecule has 3 aromatic rings. The van der Waals surface area contributed by atoms with Crippen molar-refractivity contribution in [2.75, 3.05) is 36.8 Å². The molecule has 0 aliphatic carbocycles. The summed E-state index contributed by atoms with van der Waals surface area (Å²) in [4.78, 5) is 34.6. The first kappa shape index (κ1) is 28.7. The molecule has 0 saturated carbocycles. The number of benzene rings is 3. The van der Waals surface area contributed by atoms with E-state index in [4.69, 9.17) is 0 Å². The number of carbonyl (C=O) groups excluding carboxylic acids is 2. The Kier molecular flexibility index (Phi) is 10.3. The van der Waals surface area contributed by atoms with E-state index >= 15 is 0 Å². The maximum absolute atomic E-state index is 12.8. The van der Waals surface area contributed by atoms with Gasteiger partial charge in [0.15, 0.2) is 0 Å². The first-order chi connectivity index (χ1) is 17.7. The predicted octanol–water partition coefficient (Wildman–Crippen LogP) is 4.51. The minimum absolute atomic E-state index is 0. The van der Waals surface area contributed by atoms with E-state index in [1.807, 2.05) is 48.5 Å². The summed E-state index contributed by atoms with van der Waals surface area (Å²) in [6, 6.07) is 21.8. The van der Waals surface area contributed by atoms with Crippen LogP contribution in [0.3, 0.4) is 0 Å². The highest BCUT2D eigenvalue weighted by molar-refractivity contribution is 6.08. The molecule has 2 heterocycles. The lowest BCUT2D eigenvalue weighted by Gasteiger charge is -2.15. The molecule has 198 valence electrons. The molecular formula is C28H30Cl2N6O2. The van der Waals surface area contributed by atoms with Crippen molar-refractivity contribution in [1.29, 1.82) is 0 Å². The second kappa shape index (κ2) is 13.6. The number of hydrogen-bond acceptors (Lipinski definition) is 6. The maximum atomic E-state index is 12.8. The summed E-state index contributed by atoms with van der Waals surface area (Å²) in [6.45, 7) is 3.40. The van der Waals surface area contributed by atoms with E-state index in [1.165, 1.54) is 0 Å². The van der Waals surface area contributed by atoms with Crippen LogP contribution in [-0.2, 0) is 0 Å². The number of amidine groups is 2. The lowest BCUT2D eigenvalue weighted by atomic mass is 10.1. The third-order valence-corrected chi connectivity index (χ3v) is 5.99. The monoisotopic (exact) mass is 552 g/mol. The number of halogens is 2. The molecule has 2 aliphatic rings. The predicted molar refractivity (Wildman–Crippen MR) is 158 cm³/mol. The lowest BCUT2D eigenvalue weighted by molar-refractivity contribution is 0.101. The average molecular weight is 553 g/mol. The molecule has 0 bridgehead atoms. The topological polar surface area (TPSA) is 107 Å². The summed E-state index contributed by atoms with van der Waals surface area (Å²) in [5.74, 6) is 1.21. The minimum Gasteiger partial charge on any atom is -0.370 e. The second-order valence-electron chi connectivity index (χ2n) is 8.67. The van der Waals surface area contributed by atoms with Crippen LogP contribution in [0.25, 0.3) is 0 Å². The molecule has 2 amide bonds. The highest BCUT2D eigenvalue weighted by Crippen LogP contribution is 2.16. The quantitative estimate of drug-likeness (QED) is 0.360. The van der Waals surface area contributed by atoms with Crippen LogP contribution < -0.4 is 21.3 Å². The summed E-state index contributed by atoms with van der Waals surface area (Å²) >= 11 is 0. The van der Waals surface area contributed by atoms with Gasteiger partial charge >= 0.3 is 0 Å². The van der Waals surface area contributed by atoms with Gasteiger partial charge in [0, 0.05) is 59.8 Å². The average Bonchev–Trinajstić information content (AvgIpc) is 2.94. The van der Waals surface area contributed by atoms with Gasteiger partial charge in [-0.25, -0.2) is 0 Å². The molecule has 0 spiro atoms. The van der Waals surface area contributed by atoms with E-state index in [9.17, 15) is 9.59 Å². The molecule has 2 aliphatic heterocycles. The summed E-state index contributed by atoms with van der Waals surface area (Å²) < 4.78 is 0. The second-order valence-corrected chi connectivity index (χ2v) is 8.67. The molecule has 0 saturated heterocycles. The Morgan fingerprint density at radius 1 is 0.632 bits per heavy atom. The van der Waals surface area contributed by atoms with Crippen LogP contribution in [-0.4, -0.2) is 49.7 Å². The van der Waals surface area contributed by atoms with Crippen LogP contribution in [0.1, 0.15) is 44.7 Å². The van der Waals surface area contributed by atoms with Gasteiger partial charge in [-0.3, -0.25) is 19.6 Å². The molecular weight excluding hydrogens is 523 g/mol. The molecule has 10 heteroatoms. The molecule has 0 radical (unpaired) electrons. The lowest BCUT2D eigenvalue weighted by Crippen LogP contribution is -2.30. The van der Waals surface area contributed by atoms with Crippen molar-refractivity contribution in [2.24, 2.45) is 9.98 Å². The van der Waals surface area contributed by atoms with Crippen LogP contribution in [0.5, 0.6) is 0 Å². The van der Waals surface area contributed by atoms with Crippen LogP contribution in [0.15, 0.2) is 82.8 Å². The Morgan fingerprint density at radius 3 is 1.42 bits per heavy atom. The smallest absolute Gasteiger partial charge is 0.255 e. The van der Waals surface area contributed by atoms with Crippen LogP contribution in [0.4, 0.5) is 11.4 Å². The van der Waals surface area contributed by atoms with Gasteiger partial charge in [-0.1, -0.05) is 24.3 Å². The summed E-state index contributed by atoms with van der Waals surface area (Å²) in [6.07, 6.45) is 2.04. The highest BCUT2D eigenvalue weighted by atomic mass is 35.5. The summed E-state index contributed by atoms with van der Waals surface area (Å²) in [5, 5.41) is 12.4. The third kappa shape index (κ3) is 7.12. The fourth-order valence-electron chi connectivity index (χ4n) is 4.12. The Morgan fingerprint density at radius 2 is 1.05 bits per heavy atom. The van der Waals surface area contributed by atoms with Gasteiger partial charge in [0.05, 0.1) is 0 Å². The number of rotatable bonds is 6. The molecule has 0 atom stereocenters. The van der Waals surface area contributed by atoms with Crippen molar-refractivity contribution in [3.63, 3.8) is 0 Å². The largest absolute Gasteiger partial charge is 0.370 e. The van der Waals surface area contributed by atoms with Crippen LogP contribution in [0, 0.1) is 0 Å². The zero-order valence-corrected chi connectivity index (χ0v) is 22.3. The Hall–Kier alpha value is -3.88. The zero-order chi connectivity index (χ0) is 24.7. The number of hydrogen-bond donors (Lipinski definition) is 4.